The molecule has 0 saturated heterocycles. The average Bonchev–Trinajstić information content (AvgIpc) is 2.50. The molecule has 0 atom stereocenters. The maximum Gasteiger partial charge on any atom is 1.00 e. The Morgan fingerprint density at radius 3 is 0.706 bits per heavy atom. The molecule has 0 radical (unpaired) electrons. The van der Waals surface area contributed by atoms with Crippen molar-refractivity contribution < 1.29 is 147 Å². The van der Waals surface area contributed by atoms with E-state index in [1.165, 1.54) is 0 Å². The number of nitrogens with one attached hydrogen (secondary N) is 1. The first kappa shape index (κ1) is 36.4. The topological polar surface area (TPSA) is 80.3 Å². The third-order valence-corrected chi connectivity index (χ3v) is 6.74. The first-order chi connectivity index (χ1) is 13.7. The van der Waals surface area contributed by atoms with Crippen molar-refractivity contribution in [3.63, 3.8) is 0 Å². The Balaban J connectivity index is 0. The van der Waals surface area contributed by atoms with Gasteiger partial charge in [-0.05, 0) is 0 Å². The summed E-state index contributed by atoms with van der Waals surface area (Å²) >= 11 is 0. The molecule has 1 N–H and O–H groups in total. The van der Waals surface area contributed by atoms with E-state index in [4.69, 9.17) is 0 Å². The third kappa shape index (κ3) is 5.14. The molecule has 0 saturated carbocycles. The van der Waals surface area contributed by atoms with Crippen LogP contribution in [0, 0.1) is 0 Å². The molecule has 0 unspecified atom stereocenters. The first-order valence-electron chi connectivity index (χ1n) is 6.38. The molecule has 0 amide bonds. The van der Waals surface area contributed by atoms with E-state index >= 15 is 0 Å². The number of alkyl halides is 18. The maximum atomic E-state index is 13.2. The predicted molar refractivity (Wildman–Crippen MR) is 62.8 cm³/mol. The monoisotopic (exact) mass is 620 g/mol. The van der Waals surface area contributed by atoms with Gasteiger partial charge < -0.3 is 0 Å². The Hall–Kier alpha value is 0.236. The Morgan fingerprint density at radius 2 is 0.559 bits per heavy atom. The zero-order valence-electron chi connectivity index (χ0n) is 14.8. The molecule has 0 aliphatic carbocycles. The van der Waals surface area contributed by atoms with Crippen LogP contribution in [-0.4, -0.2) is 63.4 Å². The van der Waals surface area contributed by atoms with Crippen LogP contribution in [0.4, 0.5) is 79.0 Å². The number of hydrogen-bond acceptors (Lipinski definition) is 4. The fourth-order valence-electron chi connectivity index (χ4n) is 1.31. The predicted octanol–water partition coefficient (Wildman–Crippen LogP) is 1.09. The van der Waals surface area contributed by atoms with E-state index in [-0.39, 0.29) is 51.4 Å². The molecular weight excluding hydrogens is 619 g/mol. The molecule has 0 heterocycles. The van der Waals surface area contributed by atoms with Gasteiger partial charge in [-0.2, -0.15) is 79.0 Å². The molecular formula is C8HF18KNO4S2+. The second-order valence-electron chi connectivity index (χ2n) is 5.42. The van der Waals surface area contributed by atoms with Crippen LogP contribution >= 0.6 is 0 Å². The van der Waals surface area contributed by atoms with Gasteiger partial charge in [0.2, 0.25) is 0 Å². The van der Waals surface area contributed by atoms with Crippen molar-refractivity contribution in [1.29, 1.82) is 0 Å². The van der Waals surface area contributed by atoms with Gasteiger partial charge in [-0.1, -0.05) is 4.13 Å². The fourth-order valence-corrected chi connectivity index (χ4v) is 4.23. The van der Waals surface area contributed by atoms with Gasteiger partial charge in [-0.15, -0.1) is 0 Å². The van der Waals surface area contributed by atoms with Gasteiger partial charge in [0.05, 0.1) is 0 Å². The van der Waals surface area contributed by atoms with Crippen LogP contribution in [0.2, 0.25) is 0 Å². The number of halogens is 18. The Morgan fingerprint density at radius 1 is 0.382 bits per heavy atom. The van der Waals surface area contributed by atoms with Gasteiger partial charge >= 0.3 is 97.9 Å². The van der Waals surface area contributed by atoms with Crippen molar-refractivity contribution in [2.75, 3.05) is 0 Å². The molecule has 0 aromatic heterocycles. The fraction of sp³-hybridized carbons (Fsp3) is 1.00. The average molecular weight is 620 g/mol. The molecule has 26 heteroatoms. The van der Waals surface area contributed by atoms with Gasteiger partial charge in [0, 0.05) is 0 Å². The summed E-state index contributed by atoms with van der Waals surface area (Å²) < 4.78 is 268. The van der Waals surface area contributed by atoms with Gasteiger partial charge in [0.25, 0.3) is 20.0 Å². The molecule has 0 fully saturated rings. The van der Waals surface area contributed by atoms with Crippen molar-refractivity contribution >= 4 is 20.0 Å². The second kappa shape index (κ2) is 9.21. The van der Waals surface area contributed by atoms with E-state index in [9.17, 15) is 95.9 Å². The smallest absolute Gasteiger partial charge is 0.205 e. The summed E-state index contributed by atoms with van der Waals surface area (Å²) in [4.78, 5) is 0. The zero-order chi connectivity index (χ0) is 27.7. The van der Waals surface area contributed by atoms with Crippen molar-refractivity contribution in [1.82, 2.24) is 4.13 Å². The summed E-state index contributed by atoms with van der Waals surface area (Å²) in [7, 11) is -17.4. The second-order valence-corrected chi connectivity index (χ2v) is 9.12. The van der Waals surface area contributed by atoms with Crippen LogP contribution in [-0.2, 0) is 20.0 Å². The molecule has 5 nitrogen and oxygen atoms in total. The van der Waals surface area contributed by atoms with E-state index in [1.54, 1.807) is 0 Å². The summed E-state index contributed by atoms with van der Waals surface area (Å²) in [5.74, 6) is -32.9. The molecule has 0 aliphatic heterocycles. The van der Waals surface area contributed by atoms with Crippen molar-refractivity contribution in [3.8, 4) is 0 Å². The van der Waals surface area contributed by atoms with E-state index in [0.29, 0.717) is 0 Å². The molecule has 0 aliphatic rings. The van der Waals surface area contributed by atoms with E-state index in [1.807, 2.05) is 0 Å². The van der Waals surface area contributed by atoms with Crippen LogP contribution in [0.1, 0.15) is 0 Å². The minimum atomic E-state index is -8.68. The van der Waals surface area contributed by atoms with Crippen molar-refractivity contribution in [2.24, 2.45) is 0 Å². The maximum absolute atomic E-state index is 13.2. The standard InChI is InChI=1S/C8HF18NO4S2.K/c9-1(10,5(17,18)19)3(13,14)7(23,24)32(28,29)27-33(30,31)8(25,26)4(15,16)2(11,12)6(20,21)22;/h27H;/q;+1. The first-order valence-corrected chi connectivity index (χ1v) is 9.35. The van der Waals surface area contributed by atoms with Gasteiger partial charge in [0.15, 0.2) is 0 Å². The van der Waals surface area contributed by atoms with Crippen LogP contribution in [0.25, 0.3) is 0 Å². The van der Waals surface area contributed by atoms with E-state index < -0.39 is 70.7 Å². The minimum absolute atomic E-state index is 0. The molecule has 200 valence electrons. The minimum Gasteiger partial charge on any atom is -0.205 e. The molecule has 0 aromatic carbocycles. The van der Waals surface area contributed by atoms with Crippen LogP contribution < -0.4 is 55.5 Å². The van der Waals surface area contributed by atoms with E-state index in [0.717, 1.165) is 0 Å². The summed E-state index contributed by atoms with van der Waals surface area (Å²) in [5, 5.41) is -16.3. The van der Waals surface area contributed by atoms with E-state index in [2.05, 4.69) is 0 Å². The third-order valence-electron chi connectivity index (χ3n) is 3.13. The van der Waals surface area contributed by atoms with Crippen molar-refractivity contribution in [2.45, 2.75) is 46.6 Å². The number of rotatable bonds is 8. The Bertz CT molecular complexity index is 887. The number of hydrogen-bond donors (Lipinski definition) is 1. The van der Waals surface area contributed by atoms with Gasteiger partial charge in [0.1, 0.15) is 0 Å². The summed E-state index contributed by atoms with van der Waals surface area (Å²) in [6.45, 7) is 0. The summed E-state index contributed by atoms with van der Waals surface area (Å²) in [5.41, 5.74) is 0. The number of sulfonamides is 2. The van der Waals surface area contributed by atoms with Crippen LogP contribution in [0.5, 0.6) is 0 Å². The van der Waals surface area contributed by atoms with Gasteiger partial charge in [-0.3, -0.25) is 0 Å². The van der Waals surface area contributed by atoms with Crippen LogP contribution in [0.3, 0.4) is 0 Å². The molecule has 34 heavy (non-hydrogen) atoms. The Labute approximate surface area is 216 Å². The normalized spacial score (nSPS) is 16.3. The molecule has 0 spiro atoms. The van der Waals surface area contributed by atoms with Gasteiger partial charge in [-0.25, -0.2) is 16.8 Å². The largest absolute Gasteiger partial charge is 1.00 e. The molecule has 0 rings (SSSR count). The summed E-state index contributed by atoms with van der Waals surface area (Å²) in [6, 6.07) is 0. The zero-order valence-corrected chi connectivity index (χ0v) is 19.5. The molecule has 0 bridgehead atoms. The molecule has 0 aromatic rings. The quantitative estimate of drug-likeness (QED) is 0.326. The van der Waals surface area contributed by atoms with Crippen molar-refractivity contribution in [3.05, 3.63) is 0 Å². The van der Waals surface area contributed by atoms with Crippen LogP contribution in [0.15, 0.2) is 0 Å². The summed E-state index contributed by atoms with van der Waals surface area (Å²) in [6.07, 6.45) is -15.5. The Kier molecular flexibility index (Phi) is 9.86. The SMILES string of the molecule is O=S(=O)(NS(=O)(=O)C(F)(F)C(F)(F)C(F)(F)C(F)(F)F)C(F)(F)C(F)(F)C(F)(F)C(F)(F)F.[K+].